The van der Waals surface area contributed by atoms with Gasteiger partial charge in [-0.3, -0.25) is 4.98 Å². The molecule has 98 valence electrons. The van der Waals surface area contributed by atoms with Crippen molar-refractivity contribution in [1.29, 1.82) is 0 Å². The highest BCUT2D eigenvalue weighted by Gasteiger charge is 2.19. The first kappa shape index (κ1) is 13.5. The Hall–Kier alpha value is -1.90. The summed E-state index contributed by atoms with van der Waals surface area (Å²) in [5.74, 6) is 2.44. The lowest BCUT2D eigenvalue weighted by Gasteiger charge is -2.13. The van der Waals surface area contributed by atoms with E-state index in [4.69, 9.17) is 6.42 Å². The molecule has 1 atom stereocenters. The lowest BCUT2D eigenvalue weighted by atomic mass is 10.2. The van der Waals surface area contributed by atoms with E-state index in [9.17, 15) is 8.42 Å². The minimum atomic E-state index is -3.59. The van der Waals surface area contributed by atoms with Gasteiger partial charge in [0.15, 0.2) is 0 Å². The second-order valence-corrected chi connectivity index (χ2v) is 5.94. The molecule has 5 heteroatoms. The smallest absolute Gasteiger partial charge is 0.241 e. The lowest BCUT2D eigenvalue weighted by molar-refractivity contribution is 0.564. The van der Waals surface area contributed by atoms with Crippen LogP contribution in [0.25, 0.3) is 10.9 Å². The monoisotopic (exact) mass is 274 g/mol. The molecule has 0 saturated carbocycles. The van der Waals surface area contributed by atoms with E-state index in [1.165, 1.54) is 0 Å². The topological polar surface area (TPSA) is 59.1 Å². The number of aromatic nitrogens is 1. The van der Waals surface area contributed by atoms with Crippen LogP contribution in [0, 0.1) is 12.3 Å². The SMILES string of the molecule is C#CCC(C)NS(=O)(=O)c1cccc2ncccc12. The summed E-state index contributed by atoms with van der Waals surface area (Å²) in [6.07, 6.45) is 7.16. The molecule has 2 aromatic rings. The molecule has 2 rings (SSSR count). The number of benzene rings is 1. The van der Waals surface area contributed by atoms with Gasteiger partial charge in [-0.15, -0.1) is 12.3 Å². The lowest BCUT2D eigenvalue weighted by Crippen LogP contribution is -2.32. The number of sulfonamides is 1. The van der Waals surface area contributed by atoms with Gasteiger partial charge in [-0.05, 0) is 31.2 Å². The van der Waals surface area contributed by atoms with Gasteiger partial charge in [0.05, 0.1) is 10.4 Å². The summed E-state index contributed by atoms with van der Waals surface area (Å²) in [5.41, 5.74) is 0.648. The fourth-order valence-corrected chi connectivity index (χ4v) is 3.32. The first-order valence-corrected chi connectivity index (χ1v) is 7.32. The second-order valence-electron chi connectivity index (χ2n) is 4.26. The summed E-state index contributed by atoms with van der Waals surface area (Å²) in [7, 11) is -3.59. The average Bonchev–Trinajstić information content (AvgIpc) is 2.37. The van der Waals surface area contributed by atoms with Gasteiger partial charge in [-0.1, -0.05) is 6.07 Å². The van der Waals surface area contributed by atoms with Gasteiger partial charge >= 0.3 is 0 Å². The minimum Gasteiger partial charge on any atom is -0.256 e. The summed E-state index contributed by atoms with van der Waals surface area (Å²) < 4.78 is 27.2. The highest BCUT2D eigenvalue weighted by Crippen LogP contribution is 2.21. The summed E-state index contributed by atoms with van der Waals surface area (Å²) in [5, 5.41) is 0.602. The molecular weight excluding hydrogens is 260 g/mol. The molecule has 19 heavy (non-hydrogen) atoms. The largest absolute Gasteiger partial charge is 0.256 e. The van der Waals surface area contributed by atoms with Gasteiger partial charge in [0.25, 0.3) is 0 Å². The third kappa shape index (κ3) is 2.92. The zero-order valence-electron chi connectivity index (χ0n) is 10.5. The highest BCUT2D eigenvalue weighted by atomic mass is 32.2. The van der Waals surface area contributed by atoms with Crippen molar-refractivity contribution in [3.05, 3.63) is 36.5 Å². The molecule has 1 aromatic carbocycles. The Morgan fingerprint density at radius 1 is 1.37 bits per heavy atom. The zero-order valence-corrected chi connectivity index (χ0v) is 11.3. The zero-order chi connectivity index (χ0) is 13.9. The first-order chi connectivity index (χ1) is 9.04. The number of nitrogens with zero attached hydrogens (tertiary/aromatic N) is 1. The number of rotatable bonds is 4. The molecule has 0 aliphatic carbocycles. The Morgan fingerprint density at radius 2 is 2.16 bits per heavy atom. The van der Waals surface area contributed by atoms with Crippen molar-refractivity contribution in [1.82, 2.24) is 9.71 Å². The van der Waals surface area contributed by atoms with Crippen LogP contribution in [0.2, 0.25) is 0 Å². The first-order valence-electron chi connectivity index (χ1n) is 5.84. The van der Waals surface area contributed by atoms with Gasteiger partial charge in [0, 0.05) is 24.0 Å². The van der Waals surface area contributed by atoms with E-state index in [-0.39, 0.29) is 10.9 Å². The van der Waals surface area contributed by atoms with Gasteiger partial charge in [-0.2, -0.15) is 0 Å². The van der Waals surface area contributed by atoms with Crippen molar-refractivity contribution in [2.24, 2.45) is 0 Å². The molecule has 0 spiro atoms. The fraction of sp³-hybridized carbons (Fsp3) is 0.214. The number of nitrogens with one attached hydrogen (secondary N) is 1. The van der Waals surface area contributed by atoms with Crippen LogP contribution in [0.5, 0.6) is 0 Å². The van der Waals surface area contributed by atoms with Crippen LogP contribution in [-0.4, -0.2) is 19.4 Å². The predicted octanol–water partition coefficient (Wildman–Crippen LogP) is 1.92. The third-order valence-corrected chi connectivity index (χ3v) is 4.32. The third-order valence-electron chi connectivity index (χ3n) is 2.68. The molecule has 0 aliphatic heterocycles. The van der Waals surface area contributed by atoms with E-state index in [2.05, 4.69) is 15.6 Å². The molecular formula is C14H14N2O2S. The predicted molar refractivity (Wildman–Crippen MR) is 75.0 cm³/mol. The van der Waals surface area contributed by atoms with E-state index in [1.54, 1.807) is 43.5 Å². The number of hydrogen-bond donors (Lipinski definition) is 1. The van der Waals surface area contributed by atoms with E-state index in [0.717, 1.165) is 0 Å². The van der Waals surface area contributed by atoms with Crippen LogP contribution in [0.15, 0.2) is 41.4 Å². The van der Waals surface area contributed by atoms with E-state index in [0.29, 0.717) is 17.3 Å². The second kappa shape index (κ2) is 5.39. The summed E-state index contributed by atoms with van der Waals surface area (Å²) >= 11 is 0. The molecule has 0 bridgehead atoms. The molecule has 4 nitrogen and oxygen atoms in total. The van der Waals surface area contributed by atoms with Crippen LogP contribution < -0.4 is 4.72 Å². The van der Waals surface area contributed by atoms with E-state index in [1.807, 2.05) is 0 Å². The summed E-state index contributed by atoms with van der Waals surface area (Å²) in [6, 6.07) is 8.17. The van der Waals surface area contributed by atoms with Gasteiger partial charge in [0.1, 0.15) is 0 Å². The Morgan fingerprint density at radius 3 is 2.89 bits per heavy atom. The average molecular weight is 274 g/mol. The molecule has 1 N–H and O–H groups in total. The normalized spacial score (nSPS) is 13.1. The maximum absolute atomic E-state index is 12.3. The molecule has 1 heterocycles. The van der Waals surface area contributed by atoms with Crippen LogP contribution in [0.4, 0.5) is 0 Å². The number of terminal acetylenes is 1. The highest BCUT2D eigenvalue weighted by molar-refractivity contribution is 7.89. The Labute approximate surface area is 112 Å². The van der Waals surface area contributed by atoms with Crippen molar-refractivity contribution in [2.75, 3.05) is 0 Å². The van der Waals surface area contributed by atoms with Crippen LogP contribution in [-0.2, 0) is 10.0 Å². The quantitative estimate of drug-likeness (QED) is 0.867. The number of fused-ring (bicyclic) bond motifs is 1. The summed E-state index contributed by atoms with van der Waals surface area (Å²) in [6.45, 7) is 1.74. The number of hydrogen-bond acceptors (Lipinski definition) is 3. The maximum Gasteiger partial charge on any atom is 0.241 e. The van der Waals surface area contributed by atoms with E-state index >= 15 is 0 Å². The van der Waals surface area contributed by atoms with Crippen molar-refractivity contribution < 1.29 is 8.42 Å². The van der Waals surface area contributed by atoms with Crippen molar-refractivity contribution in [3.63, 3.8) is 0 Å². The molecule has 0 fully saturated rings. The fourth-order valence-electron chi connectivity index (χ4n) is 1.86. The molecule has 1 unspecified atom stereocenters. The van der Waals surface area contributed by atoms with Crippen molar-refractivity contribution in [2.45, 2.75) is 24.3 Å². The Balaban J connectivity index is 2.47. The standard InChI is InChI=1S/C14H14N2O2S/c1-3-6-11(2)16-19(17,18)14-9-4-8-13-12(14)7-5-10-15-13/h1,4-5,7-11,16H,6H2,2H3. The van der Waals surface area contributed by atoms with E-state index < -0.39 is 10.0 Å². The Kier molecular flexibility index (Phi) is 3.84. The van der Waals surface area contributed by atoms with Gasteiger partial charge in [0.2, 0.25) is 10.0 Å². The molecule has 0 aliphatic rings. The number of pyridine rings is 1. The van der Waals surface area contributed by atoms with Gasteiger partial charge < -0.3 is 0 Å². The van der Waals surface area contributed by atoms with Crippen molar-refractivity contribution >= 4 is 20.9 Å². The minimum absolute atomic E-state index is 0.224. The van der Waals surface area contributed by atoms with Crippen molar-refractivity contribution in [3.8, 4) is 12.3 Å². The Bertz CT molecular complexity index is 727. The molecule has 0 saturated heterocycles. The van der Waals surface area contributed by atoms with Crippen LogP contribution >= 0.6 is 0 Å². The summed E-state index contributed by atoms with van der Waals surface area (Å²) in [4.78, 5) is 4.37. The van der Waals surface area contributed by atoms with Crippen LogP contribution in [0.3, 0.4) is 0 Å². The molecule has 0 amide bonds. The molecule has 1 aromatic heterocycles. The molecule has 0 radical (unpaired) electrons. The van der Waals surface area contributed by atoms with Gasteiger partial charge in [-0.25, -0.2) is 13.1 Å². The maximum atomic E-state index is 12.3. The van der Waals surface area contributed by atoms with Crippen LogP contribution in [0.1, 0.15) is 13.3 Å².